The molecule has 0 unspecified atom stereocenters. The number of rotatable bonds is 5. The predicted octanol–water partition coefficient (Wildman–Crippen LogP) is 3.25. The number of hydrogen-bond acceptors (Lipinski definition) is 8. The van der Waals surface area contributed by atoms with Crippen LogP contribution in [0.15, 0.2) is 27.8 Å². The zero-order valence-corrected chi connectivity index (χ0v) is 20.0. The van der Waals surface area contributed by atoms with Crippen molar-refractivity contribution >= 4 is 43.6 Å². The van der Waals surface area contributed by atoms with Crippen molar-refractivity contribution in [1.82, 2.24) is 19.5 Å². The molecule has 0 atom stereocenters. The van der Waals surface area contributed by atoms with Gasteiger partial charge in [-0.2, -0.15) is 0 Å². The molecule has 0 bridgehead atoms. The number of fused-ring (bicyclic) bond motifs is 3. The van der Waals surface area contributed by atoms with Gasteiger partial charge in [-0.25, -0.2) is 14.8 Å². The summed E-state index contributed by atoms with van der Waals surface area (Å²) in [6, 6.07) is 5.31. The number of carbonyl (C=O) groups excluding carboxylic acids is 1. The Balaban J connectivity index is 1.44. The topological polar surface area (TPSA) is 128 Å². The number of carbonyl (C=O) groups is 1. The number of nitrogens with one attached hydrogen (secondary N) is 2. The molecule has 1 fully saturated rings. The van der Waals surface area contributed by atoms with Crippen LogP contribution in [0.3, 0.4) is 0 Å². The molecule has 1 amide bonds. The van der Waals surface area contributed by atoms with Crippen molar-refractivity contribution in [1.29, 1.82) is 0 Å². The van der Waals surface area contributed by atoms with Gasteiger partial charge >= 0.3 is 5.69 Å². The van der Waals surface area contributed by atoms with E-state index in [1.807, 2.05) is 19.9 Å². The molecule has 1 saturated carbocycles. The summed E-state index contributed by atoms with van der Waals surface area (Å²) in [5, 5.41) is 3.33. The number of hydrogen-bond donors (Lipinski definition) is 2. The minimum absolute atomic E-state index is 0.102. The van der Waals surface area contributed by atoms with E-state index in [9.17, 15) is 14.4 Å². The molecule has 1 aromatic carbocycles. The third-order valence-corrected chi connectivity index (χ3v) is 6.96. The smallest absolute Gasteiger partial charge is 0.330 e. The van der Waals surface area contributed by atoms with E-state index in [-0.39, 0.29) is 28.4 Å². The molecular formula is C24H23N5O5S. The third kappa shape index (κ3) is 3.95. The molecule has 35 heavy (non-hydrogen) atoms. The van der Waals surface area contributed by atoms with E-state index in [4.69, 9.17) is 9.47 Å². The predicted molar refractivity (Wildman–Crippen MR) is 132 cm³/mol. The molecule has 1 aliphatic carbocycles. The monoisotopic (exact) mass is 493 g/mol. The van der Waals surface area contributed by atoms with Crippen LogP contribution in [0.5, 0.6) is 11.5 Å². The molecule has 4 aromatic rings. The first kappa shape index (κ1) is 21.8. The van der Waals surface area contributed by atoms with Crippen LogP contribution < -0.4 is 26.0 Å². The normalized spacial score (nSPS) is 15.2. The Morgan fingerprint density at radius 2 is 1.91 bits per heavy atom. The van der Waals surface area contributed by atoms with Crippen LogP contribution in [0.25, 0.3) is 21.3 Å². The number of pyridine rings is 1. The number of ether oxygens (including phenoxy) is 2. The maximum atomic E-state index is 13.5. The summed E-state index contributed by atoms with van der Waals surface area (Å²) in [7, 11) is 0. The molecule has 0 radical (unpaired) electrons. The summed E-state index contributed by atoms with van der Waals surface area (Å²) in [5.74, 6) is 1.16. The number of benzene rings is 1. The third-order valence-electron chi connectivity index (χ3n) is 6.03. The van der Waals surface area contributed by atoms with Gasteiger partial charge in [-0.1, -0.05) is 25.2 Å². The lowest BCUT2D eigenvalue weighted by Gasteiger charge is -2.17. The summed E-state index contributed by atoms with van der Waals surface area (Å²) in [4.78, 5) is 50.5. The van der Waals surface area contributed by atoms with Crippen LogP contribution in [-0.2, 0) is 6.54 Å². The average molecular weight is 494 g/mol. The number of thiazole rings is 1. The first-order valence-electron chi connectivity index (χ1n) is 11.6. The summed E-state index contributed by atoms with van der Waals surface area (Å²) in [5.41, 5.74) is 0.667. The standard InChI is InChI=1S/C24H23N5O5S/c1-11(2)10-29-20-19(22(31)28-24(29)32)13(7-14(25-20)12-3-4-12)21(30)27-23-26-15-8-16-17(9-18(15)35-23)34-6-5-33-16/h7-9,11-12H,3-6,10H2,1-2H3,(H,26,27,30)(H,28,31,32). The lowest BCUT2D eigenvalue weighted by molar-refractivity contribution is 0.102. The fraction of sp³-hybridized carbons (Fsp3) is 0.375. The van der Waals surface area contributed by atoms with Crippen LogP contribution in [0, 0.1) is 5.92 Å². The highest BCUT2D eigenvalue weighted by molar-refractivity contribution is 7.22. The highest BCUT2D eigenvalue weighted by Gasteiger charge is 2.29. The average Bonchev–Trinajstić information content (AvgIpc) is 3.60. The lowest BCUT2D eigenvalue weighted by Crippen LogP contribution is -2.33. The molecule has 0 saturated heterocycles. The highest BCUT2D eigenvalue weighted by atomic mass is 32.1. The van der Waals surface area contributed by atoms with E-state index < -0.39 is 17.2 Å². The second-order valence-corrected chi connectivity index (χ2v) is 10.3. The van der Waals surface area contributed by atoms with E-state index in [1.54, 1.807) is 12.1 Å². The Morgan fingerprint density at radius 1 is 1.17 bits per heavy atom. The second kappa shape index (κ2) is 8.19. The second-order valence-electron chi connectivity index (χ2n) is 9.27. The van der Waals surface area contributed by atoms with Gasteiger partial charge in [-0.05, 0) is 24.8 Å². The highest BCUT2D eigenvalue weighted by Crippen LogP contribution is 2.40. The first-order chi connectivity index (χ1) is 16.9. The molecule has 0 spiro atoms. The molecule has 2 N–H and O–H groups in total. The van der Waals surface area contributed by atoms with Crippen molar-refractivity contribution in [3.05, 3.63) is 50.3 Å². The molecule has 4 heterocycles. The molecule has 3 aromatic heterocycles. The fourth-order valence-electron chi connectivity index (χ4n) is 4.28. The zero-order chi connectivity index (χ0) is 24.3. The van der Waals surface area contributed by atoms with Gasteiger partial charge in [0.15, 0.2) is 22.3 Å². The molecular weight excluding hydrogens is 470 g/mol. The molecule has 180 valence electrons. The van der Waals surface area contributed by atoms with Crippen molar-refractivity contribution in [2.24, 2.45) is 5.92 Å². The molecule has 2 aliphatic rings. The van der Waals surface area contributed by atoms with Gasteiger partial charge in [0.1, 0.15) is 13.2 Å². The van der Waals surface area contributed by atoms with Crippen molar-refractivity contribution < 1.29 is 14.3 Å². The van der Waals surface area contributed by atoms with Crippen LogP contribution >= 0.6 is 11.3 Å². The van der Waals surface area contributed by atoms with E-state index >= 15 is 0 Å². The van der Waals surface area contributed by atoms with E-state index in [2.05, 4.69) is 20.3 Å². The summed E-state index contributed by atoms with van der Waals surface area (Å²) >= 11 is 1.30. The molecule has 6 rings (SSSR count). The Bertz CT molecular complexity index is 1570. The maximum Gasteiger partial charge on any atom is 0.330 e. The Kier molecular flexibility index (Phi) is 5.10. The van der Waals surface area contributed by atoms with Gasteiger partial charge in [-0.15, -0.1) is 0 Å². The van der Waals surface area contributed by atoms with E-state index in [1.165, 1.54) is 15.9 Å². The number of aromatic nitrogens is 4. The first-order valence-corrected chi connectivity index (χ1v) is 12.4. The Labute approximate surface area is 202 Å². The van der Waals surface area contributed by atoms with Crippen molar-refractivity contribution in [2.45, 2.75) is 39.2 Å². The summed E-state index contributed by atoms with van der Waals surface area (Å²) < 4.78 is 13.5. The largest absolute Gasteiger partial charge is 0.486 e. The van der Waals surface area contributed by atoms with Gasteiger partial charge in [0.25, 0.3) is 11.5 Å². The van der Waals surface area contributed by atoms with Gasteiger partial charge in [-0.3, -0.25) is 24.5 Å². The van der Waals surface area contributed by atoms with Gasteiger partial charge in [0, 0.05) is 30.3 Å². The van der Waals surface area contributed by atoms with Crippen LogP contribution in [-0.4, -0.2) is 38.6 Å². The van der Waals surface area contributed by atoms with Gasteiger partial charge in [0.2, 0.25) is 0 Å². The number of anilines is 1. The number of nitrogens with zero attached hydrogens (tertiary/aromatic N) is 3. The minimum atomic E-state index is -0.628. The van der Waals surface area contributed by atoms with Gasteiger partial charge < -0.3 is 9.47 Å². The molecule has 11 heteroatoms. The lowest BCUT2D eigenvalue weighted by atomic mass is 10.1. The van der Waals surface area contributed by atoms with Crippen molar-refractivity contribution in [3.8, 4) is 11.5 Å². The quantitative estimate of drug-likeness (QED) is 0.437. The zero-order valence-electron chi connectivity index (χ0n) is 19.2. The van der Waals surface area contributed by atoms with Crippen LogP contribution in [0.4, 0.5) is 5.13 Å². The number of aromatic amines is 1. The fourth-order valence-corrected chi connectivity index (χ4v) is 5.15. The summed E-state index contributed by atoms with van der Waals surface area (Å²) in [6.45, 7) is 5.28. The van der Waals surface area contributed by atoms with E-state index in [0.717, 1.165) is 23.2 Å². The minimum Gasteiger partial charge on any atom is -0.486 e. The maximum absolute atomic E-state index is 13.5. The van der Waals surface area contributed by atoms with E-state index in [0.29, 0.717) is 41.9 Å². The Hall–Kier alpha value is -3.73. The van der Waals surface area contributed by atoms with Crippen LogP contribution in [0.1, 0.15) is 48.7 Å². The number of H-pyrrole nitrogens is 1. The molecule has 10 nitrogen and oxygen atoms in total. The SMILES string of the molecule is CC(C)Cn1c(=O)[nH]c(=O)c2c(C(=O)Nc3nc4cc5c(cc4s3)OCCO5)cc(C3CC3)nc21. The Morgan fingerprint density at radius 3 is 2.63 bits per heavy atom. The van der Waals surface area contributed by atoms with Gasteiger partial charge in [0.05, 0.1) is 21.2 Å². The molecule has 1 aliphatic heterocycles. The van der Waals surface area contributed by atoms with Crippen molar-refractivity contribution in [3.63, 3.8) is 0 Å². The van der Waals surface area contributed by atoms with Crippen molar-refractivity contribution in [2.75, 3.05) is 18.5 Å². The summed E-state index contributed by atoms with van der Waals surface area (Å²) in [6.07, 6.45) is 1.92. The number of amides is 1. The van der Waals surface area contributed by atoms with Crippen LogP contribution in [0.2, 0.25) is 0 Å².